The molecule has 0 radical (unpaired) electrons. The Morgan fingerprint density at radius 2 is 1.82 bits per heavy atom. The Bertz CT molecular complexity index is 954. The van der Waals surface area contributed by atoms with Gasteiger partial charge < -0.3 is 11.1 Å². The normalized spacial score (nSPS) is 18.4. The van der Waals surface area contributed by atoms with E-state index in [1.165, 1.54) is 24.3 Å². The van der Waals surface area contributed by atoms with Crippen molar-refractivity contribution in [3.8, 4) is 6.07 Å². The number of nitriles is 1. The Hall–Kier alpha value is -3.31. The Kier molecular flexibility index (Phi) is 5.96. The molecule has 0 fully saturated rings. The molecule has 0 spiro atoms. The molecule has 0 saturated heterocycles. The lowest BCUT2D eigenvalue weighted by molar-refractivity contribution is -0.119. The van der Waals surface area contributed by atoms with Crippen molar-refractivity contribution in [3.63, 3.8) is 0 Å². The second-order valence-corrected chi connectivity index (χ2v) is 7.30. The second kappa shape index (κ2) is 8.59. The number of amides is 3. The molecule has 1 aliphatic heterocycles. The summed E-state index contributed by atoms with van der Waals surface area (Å²) in [6.45, 7) is 0.267. The number of hydrogen-bond acceptors (Lipinski definition) is 5. The zero-order valence-electron chi connectivity index (χ0n) is 14.7. The summed E-state index contributed by atoms with van der Waals surface area (Å²) in [5.74, 6) is -1.65. The summed E-state index contributed by atoms with van der Waals surface area (Å²) in [6.07, 6.45) is 0. The van der Waals surface area contributed by atoms with Gasteiger partial charge in [0.15, 0.2) is 0 Å². The molecule has 2 unspecified atom stereocenters. The van der Waals surface area contributed by atoms with Gasteiger partial charge in [-0.05, 0) is 23.3 Å². The lowest BCUT2D eigenvalue weighted by atomic mass is 9.88. The van der Waals surface area contributed by atoms with Crippen molar-refractivity contribution in [1.82, 2.24) is 10.6 Å². The van der Waals surface area contributed by atoms with Crippen molar-refractivity contribution >= 4 is 23.7 Å². The van der Waals surface area contributed by atoms with Crippen LogP contribution in [0.1, 0.15) is 17.0 Å². The number of nitrogens with one attached hydrogen (secondary N) is 2. The third kappa shape index (κ3) is 4.32. The predicted molar refractivity (Wildman–Crippen MR) is 104 cm³/mol. The first-order valence-corrected chi connectivity index (χ1v) is 9.32. The van der Waals surface area contributed by atoms with Crippen LogP contribution in [0.3, 0.4) is 0 Å². The Morgan fingerprint density at radius 1 is 1.14 bits per heavy atom. The Morgan fingerprint density at radius 3 is 2.46 bits per heavy atom. The second-order valence-electron chi connectivity index (χ2n) is 6.11. The number of allylic oxidation sites excluding steroid dienone is 1. The van der Waals surface area contributed by atoms with Gasteiger partial charge in [0.25, 0.3) is 0 Å². The Labute approximate surface area is 165 Å². The van der Waals surface area contributed by atoms with Gasteiger partial charge in [0.1, 0.15) is 11.1 Å². The van der Waals surface area contributed by atoms with E-state index in [2.05, 4.69) is 10.6 Å². The number of carbonyl (C=O) groups excluding carboxylic acids is 2. The van der Waals surface area contributed by atoms with Gasteiger partial charge in [-0.3, -0.25) is 10.1 Å². The standard InChI is InChI=1S/C20H17FN4O2S/c21-14-8-6-13(7-9-14)16-15(10-22)18(23)28-17(16)19(26)25-20(27)24-11-12-4-2-1-3-5-12/h1-9,16-17H,11,23H2,(H2,24,25,26,27). The highest BCUT2D eigenvalue weighted by Gasteiger charge is 2.41. The van der Waals surface area contributed by atoms with Gasteiger partial charge in [0.05, 0.1) is 16.7 Å². The van der Waals surface area contributed by atoms with E-state index in [1.54, 1.807) is 0 Å². The molecule has 4 N–H and O–H groups in total. The minimum Gasteiger partial charge on any atom is -0.393 e. The highest BCUT2D eigenvalue weighted by molar-refractivity contribution is 8.04. The average Bonchev–Trinajstić information content (AvgIpc) is 3.04. The summed E-state index contributed by atoms with van der Waals surface area (Å²) in [4.78, 5) is 24.8. The lowest BCUT2D eigenvalue weighted by Crippen LogP contribution is -2.44. The molecule has 0 aromatic heterocycles. The molecule has 2 aromatic rings. The fourth-order valence-corrected chi connectivity index (χ4v) is 4.09. The zero-order chi connectivity index (χ0) is 20.1. The SMILES string of the molecule is N#CC1=C(N)SC(C(=O)NC(=O)NCc2ccccc2)C1c1ccc(F)cc1. The summed E-state index contributed by atoms with van der Waals surface area (Å²) in [6, 6.07) is 16.2. The quantitative estimate of drug-likeness (QED) is 0.736. The molecule has 3 rings (SSSR count). The van der Waals surface area contributed by atoms with Crippen molar-refractivity contribution in [1.29, 1.82) is 5.26 Å². The summed E-state index contributed by atoms with van der Waals surface area (Å²) in [5, 5.41) is 13.8. The monoisotopic (exact) mass is 396 g/mol. The molecule has 28 heavy (non-hydrogen) atoms. The molecular weight excluding hydrogens is 379 g/mol. The van der Waals surface area contributed by atoms with Gasteiger partial charge in [-0.15, -0.1) is 0 Å². The largest absolute Gasteiger partial charge is 0.393 e. The molecule has 142 valence electrons. The maximum atomic E-state index is 13.2. The third-order valence-corrected chi connectivity index (χ3v) is 5.49. The van der Waals surface area contributed by atoms with Crippen LogP contribution in [0.4, 0.5) is 9.18 Å². The molecule has 2 atom stereocenters. The van der Waals surface area contributed by atoms with Gasteiger partial charge in [-0.1, -0.05) is 54.2 Å². The van der Waals surface area contributed by atoms with Gasteiger partial charge >= 0.3 is 6.03 Å². The molecule has 0 aliphatic carbocycles. The highest BCUT2D eigenvalue weighted by Crippen LogP contribution is 2.45. The summed E-state index contributed by atoms with van der Waals surface area (Å²) in [5.41, 5.74) is 7.61. The molecular formula is C20H17FN4O2S. The first-order valence-electron chi connectivity index (χ1n) is 8.44. The number of carbonyl (C=O) groups is 2. The molecule has 6 nitrogen and oxygen atoms in total. The first-order chi connectivity index (χ1) is 13.5. The number of halogens is 1. The van der Waals surface area contributed by atoms with E-state index in [1.807, 2.05) is 36.4 Å². The van der Waals surface area contributed by atoms with Gasteiger partial charge in [0.2, 0.25) is 5.91 Å². The van der Waals surface area contributed by atoms with E-state index in [0.717, 1.165) is 17.3 Å². The fourth-order valence-electron chi connectivity index (χ4n) is 2.92. The predicted octanol–water partition coefficient (Wildman–Crippen LogP) is 2.74. The number of imide groups is 1. The summed E-state index contributed by atoms with van der Waals surface area (Å²) in [7, 11) is 0. The molecule has 0 saturated carbocycles. The number of hydrogen-bond donors (Lipinski definition) is 3. The topological polar surface area (TPSA) is 108 Å². The summed E-state index contributed by atoms with van der Waals surface area (Å²) < 4.78 is 13.2. The number of nitrogens with zero attached hydrogens (tertiary/aromatic N) is 1. The van der Waals surface area contributed by atoms with Crippen molar-refractivity contribution in [2.24, 2.45) is 5.73 Å². The Balaban J connectivity index is 1.70. The molecule has 3 amide bonds. The molecule has 0 bridgehead atoms. The average molecular weight is 396 g/mol. The number of rotatable bonds is 4. The lowest BCUT2D eigenvalue weighted by Gasteiger charge is -2.19. The van der Waals surface area contributed by atoms with Crippen LogP contribution < -0.4 is 16.4 Å². The third-order valence-electron chi connectivity index (χ3n) is 4.27. The van der Waals surface area contributed by atoms with Crippen molar-refractivity contribution in [2.45, 2.75) is 17.7 Å². The maximum Gasteiger partial charge on any atom is 0.321 e. The first kappa shape index (κ1) is 19.5. The van der Waals surface area contributed by atoms with Crippen LogP contribution in [-0.2, 0) is 11.3 Å². The van der Waals surface area contributed by atoms with Crippen LogP contribution in [0.25, 0.3) is 0 Å². The van der Waals surface area contributed by atoms with Crippen LogP contribution in [0.15, 0.2) is 65.2 Å². The molecule has 2 aromatic carbocycles. The number of urea groups is 1. The number of nitrogens with two attached hydrogens (primary N) is 1. The van der Waals surface area contributed by atoms with Crippen molar-refractivity contribution in [2.75, 3.05) is 0 Å². The zero-order valence-corrected chi connectivity index (χ0v) is 15.5. The molecule has 1 heterocycles. The number of thioether (sulfide) groups is 1. The fraction of sp³-hybridized carbons (Fsp3) is 0.150. The van der Waals surface area contributed by atoms with Gasteiger partial charge in [-0.25, -0.2) is 9.18 Å². The minimum absolute atomic E-state index is 0.224. The van der Waals surface area contributed by atoms with E-state index in [4.69, 9.17) is 5.73 Å². The van der Waals surface area contributed by atoms with Crippen molar-refractivity contribution < 1.29 is 14.0 Å². The smallest absolute Gasteiger partial charge is 0.321 e. The van der Waals surface area contributed by atoms with Gasteiger partial charge in [0, 0.05) is 12.5 Å². The van der Waals surface area contributed by atoms with Crippen LogP contribution in [0.5, 0.6) is 0 Å². The number of benzene rings is 2. The molecule has 1 aliphatic rings. The van der Waals surface area contributed by atoms with E-state index in [0.29, 0.717) is 5.56 Å². The van der Waals surface area contributed by atoms with E-state index < -0.39 is 28.9 Å². The molecule has 8 heteroatoms. The summed E-state index contributed by atoms with van der Waals surface area (Å²) >= 11 is 1.02. The van der Waals surface area contributed by atoms with E-state index >= 15 is 0 Å². The van der Waals surface area contributed by atoms with Crippen LogP contribution in [-0.4, -0.2) is 17.2 Å². The van der Waals surface area contributed by atoms with Crippen LogP contribution in [0.2, 0.25) is 0 Å². The van der Waals surface area contributed by atoms with E-state index in [-0.39, 0.29) is 17.1 Å². The van der Waals surface area contributed by atoms with Gasteiger partial charge in [-0.2, -0.15) is 5.26 Å². The van der Waals surface area contributed by atoms with E-state index in [9.17, 15) is 19.2 Å². The minimum atomic E-state index is -0.803. The maximum absolute atomic E-state index is 13.2. The van der Waals surface area contributed by atoms with Crippen LogP contribution >= 0.6 is 11.8 Å². The van der Waals surface area contributed by atoms with Crippen molar-refractivity contribution in [3.05, 3.63) is 82.1 Å². The highest BCUT2D eigenvalue weighted by atomic mass is 32.2. The van der Waals surface area contributed by atoms with Crippen LogP contribution in [0, 0.1) is 17.1 Å².